The van der Waals surface area contributed by atoms with Gasteiger partial charge in [-0.3, -0.25) is 4.90 Å². The van der Waals surface area contributed by atoms with Gasteiger partial charge in [0.1, 0.15) is 0 Å². The van der Waals surface area contributed by atoms with Crippen molar-refractivity contribution in [2.75, 3.05) is 38.2 Å². The van der Waals surface area contributed by atoms with Gasteiger partial charge in [-0.15, -0.1) is 0 Å². The molecule has 1 saturated heterocycles. The number of nitrogens with one attached hydrogen (secondary N) is 1. The molecule has 0 spiro atoms. The molecule has 1 aliphatic heterocycles. The van der Waals surface area contributed by atoms with E-state index in [-0.39, 0.29) is 0 Å². The first-order valence-electron chi connectivity index (χ1n) is 8.60. The largest absolute Gasteiger partial charge is 0.379 e. The Balaban J connectivity index is 1.61. The van der Waals surface area contributed by atoms with Crippen molar-refractivity contribution in [2.45, 2.75) is 45.6 Å². The van der Waals surface area contributed by atoms with Gasteiger partial charge in [0, 0.05) is 37.1 Å². The molecule has 0 unspecified atom stereocenters. The van der Waals surface area contributed by atoms with Gasteiger partial charge in [0.25, 0.3) is 0 Å². The molecule has 1 aromatic rings. The van der Waals surface area contributed by atoms with Crippen LogP contribution in [-0.4, -0.2) is 53.8 Å². The number of nitrogens with zero attached hydrogens (tertiary/aromatic N) is 3. The highest BCUT2D eigenvalue weighted by Gasteiger charge is 2.30. The average Bonchev–Trinajstić information content (AvgIpc) is 2.53. The van der Waals surface area contributed by atoms with E-state index in [0.29, 0.717) is 12.0 Å². The third-order valence-corrected chi connectivity index (χ3v) is 4.89. The van der Waals surface area contributed by atoms with E-state index in [0.717, 1.165) is 50.2 Å². The van der Waals surface area contributed by atoms with E-state index in [4.69, 9.17) is 4.74 Å². The molecule has 1 aromatic heterocycles. The maximum Gasteiger partial charge on any atom is 0.223 e. The van der Waals surface area contributed by atoms with Crippen LogP contribution in [0.4, 0.5) is 5.95 Å². The molecule has 1 aliphatic carbocycles. The number of rotatable bonds is 4. The smallest absolute Gasteiger partial charge is 0.223 e. The fourth-order valence-corrected chi connectivity index (χ4v) is 3.84. The topological polar surface area (TPSA) is 50.3 Å². The lowest BCUT2D eigenvalue weighted by Gasteiger charge is -2.41. The summed E-state index contributed by atoms with van der Waals surface area (Å²) in [6.07, 6.45) is 5.33. The van der Waals surface area contributed by atoms with Crippen molar-refractivity contribution >= 4 is 5.95 Å². The van der Waals surface area contributed by atoms with Crippen LogP contribution >= 0.6 is 0 Å². The van der Waals surface area contributed by atoms with Crippen LogP contribution in [0.25, 0.3) is 0 Å². The normalized spacial score (nSPS) is 26.8. The van der Waals surface area contributed by atoms with Gasteiger partial charge in [0.05, 0.1) is 13.2 Å². The second kappa shape index (κ2) is 7.38. The Morgan fingerprint density at radius 1 is 1.14 bits per heavy atom. The summed E-state index contributed by atoms with van der Waals surface area (Å²) in [6.45, 7) is 8.97. The van der Waals surface area contributed by atoms with Crippen molar-refractivity contribution in [1.82, 2.24) is 14.9 Å². The zero-order chi connectivity index (χ0) is 15.4. The molecule has 2 fully saturated rings. The van der Waals surface area contributed by atoms with Crippen molar-refractivity contribution in [3.05, 3.63) is 17.5 Å². The Morgan fingerprint density at radius 3 is 2.55 bits per heavy atom. The van der Waals surface area contributed by atoms with Gasteiger partial charge >= 0.3 is 0 Å². The summed E-state index contributed by atoms with van der Waals surface area (Å²) in [5.74, 6) is 1.47. The molecule has 3 rings (SSSR count). The molecule has 0 amide bonds. The van der Waals surface area contributed by atoms with Gasteiger partial charge in [0.15, 0.2) is 0 Å². The second-order valence-electron chi connectivity index (χ2n) is 6.62. The van der Waals surface area contributed by atoms with Gasteiger partial charge in [0.2, 0.25) is 5.95 Å². The lowest BCUT2D eigenvalue weighted by atomic mass is 9.83. The summed E-state index contributed by atoms with van der Waals surface area (Å²) in [7, 11) is 0. The molecule has 1 N–H and O–H groups in total. The summed E-state index contributed by atoms with van der Waals surface area (Å²) in [4.78, 5) is 11.6. The number of hydrogen-bond donors (Lipinski definition) is 1. The Kier molecular flexibility index (Phi) is 5.26. The Hall–Kier alpha value is -1.20. The van der Waals surface area contributed by atoms with Crippen molar-refractivity contribution in [3.63, 3.8) is 0 Å². The minimum atomic E-state index is 0.691. The molecule has 0 bridgehead atoms. The zero-order valence-electron chi connectivity index (χ0n) is 13.8. The average molecular weight is 304 g/mol. The molecule has 5 heteroatoms. The van der Waals surface area contributed by atoms with Crippen LogP contribution in [0.15, 0.2) is 6.07 Å². The van der Waals surface area contributed by atoms with Crippen LogP contribution in [0.5, 0.6) is 0 Å². The van der Waals surface area contributed by atoms with Crippen LogP contribution in [0.1, 0.15) is 37.1 Å². The van der Waals surface area contributed by atoms with Crippen molar-refractivity contribution in [3.8, 4) is 0 Å². The third kappa shape index (κ3) is 3.96. The number of anilines is 1. The Morgan fingerprint density at radius 2 is 1.82 bits per heavy atom. The van der Waals surface area contributed by atoms with E-state index in [2.05, 4.69) is 20.2 Å². The highest BCUT2D eigenvalue weighted by Crippen LogP contribution is 2.29. The van der Waals surface area contributed by atoms with Crippen molar-refractivity contribution < 1.29 is 4.74 Å². The molecular weight excluding hydrogens is 276 g/mol. The number of aryl methyl sites for hydroxylation is 2. The van der Waals surface area contributed by atoms with E-state index >= 15 is 0 Å². The molecule has 1 saturated carbocycles. The third-order valence-electron chi connectivity index (χ3n) is 4.89. The van der Waals surface area contributed by atoms with Crippen LogP contribution < -0.4 is 5.32 Å². The van der Waals surface area contributed by atoms with E-state index in [1.807, 2.05) is 19.9 Å². The summed E-state index contributed by atoms with van der Waals surface area (Å²) >= 11 is 0. The van der Waals surface area contributed by atoms with Crippen molar-refractivity contribution in [2.24, 2.45) is 5.92 Å². The predicted molar refractivity (Wildman–Crippen MR) is 88.1 cm³/mol. The summed E-state index contributed by atoms with van der Waals surface area (Å²) < 4.78 is 5.50. The molecule has 0 aromatic carbocycles. The van der Waals surface area contributed by atoms with Gasteiger partial charge in [-0.1, -0.05) is 12.8 Å². The molecule has 0 radical (unpaired) electrons. The maximum atomic E-state index is 5.50. The fraction of sp³-hybridized carbons (Fsp3) is 0.765. The second-order valence-corrected chi connectivity index (χ2v) is 6.62. The minimum Gasteiger partial charge on any atom is -0.379 e. The van der Waals surface area contributed by atoms with E-state index in [1.165, 1.54) is 25.7 Å². The first kappa shape index (κ1) is 15.7. The molecule has 2 heterocycles. The van der Waals surface area contributed by atoms with Crippen LogP contribution in [0.2, 0.25) is 0 Å². The molecule has 5 nitrogen and oxygen atoms in total. The van der Waals surface area contributed by atoms with Gasteiger partial charge in [-0.05, 0) is 38.7 Å². The van der Waals surface area contributed by atoms with E-state index in [1.54, 1.807) is 0 Å². The minimum absolute atomic E-state index is 0.691. The quantitative estimate of drug-likeness (QED) is 0.925. The first-order valence-corrected chi connectivity index (χ1v) is 8.60. The van der Waals surface area contributed by atoms with Crippen LogP contribution in [0, 0.1) is 19.8 Å². The molecule has 2 atom stereocenters. The highest BCUT2D eigenvalue weighted by molar-refractivity contribution is 5.27. The molecule has 122 valence electrons. The van der Waals surface area contributed by atoms with Gasteiger partial charge < -0.3 is 10.1 Å². The molecule has 22 heavy (non-hydrogen) atoms. The lowest BCUT2D eigenvalue weighted by molar-refractivity contribution is -0.00542. The number of ether oxygens (including phenoxy) is 1. The highest BCUT2D eigenvalue weighted by atomic mass is 16.5. The van der Waals surface area contributed by atoms with E-state index in [9.17, 15) is 0 Å². The monoisotopic (exact) mass is 304 g/mol. The number of morpholine rings is 1. The molecular formula is C17H28N4O. The van der Waals surface area contributed by atoms with Crippen LogP contribution in [0.3, 0.4) is 0 Å². The number of aromatic nitrogens is 2. The SMILES string of the molecule is Cc1cc(C)nc(NC[C@@H]2CCCC[C@@H]2N2CCOCC2)n1. The van der Waals surface area contributed by atoms with Gasteiger partial charge in [-0.25, -0.2) is 9.97 Å². The fourth-order valence-electron chi connectivity index (χ4n) is 3.84. The molecule has 2 aliphatic rings. The Bertz CT molecular complexity index is 467. The number of hydrogen-bond acceptors (Lipinski definition) is 5. The standard InChI is InChI=1S/C17H28N4O/c1-13-11-14(2)20-17(19-13)18-12-15-5-3-4-6-16(15)21-7-9-22-10-8-21/h11,15-16H,3-10,12H2,1-2H3,(H,18,19,20)/t15-,16-/m0/s1. The maximum absolute atomic E-state index is 5.50. The summed E-state index contributed by atoms with van der Waals surface area (Å²) in [5.41, 5.74) is 2.06. The zero-order valence-corrected chi connectivity index (χ0v) is 13.8. The Labute approximate surface area is 133 Å². The summed E-state index contributed by atoms with van der Waals surface area (Å²) in [5, 5.41) is 3.48. The van der Waals surface area contributed by atoms with Crippen molar-refractivity contribution in [1.29, 1.82) is 0 Å². The van der Waals surface area contributed by atoms with E-state index < -0.39 is 0 Å². The lowest BCUT2D eigenvalue weighted by Crippen LogP contribution is -2.49. The predicted octanol–water partition coefficient (Wildman–Crippen LogP) is 2.40. The van der Waals surface area contributed by atoms with Crippen LogP contribution in [-0.2, 0) is 4.74 Å². The first-order chi connectivity index (χ1) is 10.7. The van der Waals surface area contributed by atoms with Gasteiger partial charge in [-0.2, -0.15) is 0 Å². The summed E-state index contributed by atoms with van der Waals surface area (Å²) in [6, 6.07) is 2.71.